The molecule has 2 aromatic rings. The van der Waals surface area contributed by atoms with Gasteiger partial charge in [0.2, 0.25) is 0 Å². The molecule has 0 fully saturated rings. The molecule has 88 valence electrons. The average Bonchev–Trinajstić information content (AvgIpc) is 2.68. The second kappa shape index (κ2) is 4.37. The summed E-state index contributed by atoms with van der Waals surface area (Å²) in [4.78, 5) is 11.2. The van der Waals surface area contributed by atoms with Crippen LogP contribution >= 0.6 is 0 Å². The van der Waals surface area contributed by atoms with Gasteiger partial charge in [0.1, 0.15) is 11.6 Å². The molecule has 0 saturated heterocycles. The van der Waals surface area contributed by atoms with Gasteiger partial charge in [-0.2, -0.15) is 0 Å². The molecule has 0 aliphatic heterocycles. The highest BCUT2D eigenvalue weighted by Crippen LogP contribution is 2.21. The maximum absolute atomic E-state index is 13.1. The van der Waals surface area contributed by atoms with E-state index in [0.29, 0.717) is 6.07 Å². The van der Waals surface area contributed by atoms with E-state index in [9.17, 15) is 13.6 Å². The molecule has 0 aliphatic carbocycles. The minimum atomic E-state index is -1.17. The molecule has 0 aliphatic rings. The first-order valence-corrected chi connectivity index (χ1v) is 4.89. The standard InChI is InChI=1S/C12H9F2NO2/c13-9-5-8(6-10(14)7-9)11(12(16)17)15-3-1-2-4-15/h1-7,11H,(H,16,17). The van der Waals surface area contributed by atoms with Crippen molar-refractivity contribution in [3.8, 4) is 0 Å². The molecular weight excluding hydrogens is 228 g/mol. The molecule has 17 heavy (non-hydrogen) atoms. The topological polar surface area (TPSA) is 42.2 Å². The Morgan fingerprint density at radius 2 is 1.65 bits per heavy atom. The van der Waals surface area contributed by atoms with Crippen molar-refractivity contribution < 1.29 is 18.7 Å². The minimum Gasteiger partial charge on any atom is -0.479 e. The van der Waals surface area contributed by atoms with Crippen molar-refractivity contribution in [1.29, 1.82) is 0 Å². The number of aliphatic carboxylic acids is 1. The van der Waals surface area contributed by atoms with Crippen LogP contribution in [0.4, 0.5) is 8.78 Å². The molecule has 1 N–H and O–H groups in total. The number of halogens is 2. The van der Waals surface area contributed by atoms with E-state index in [1.54, 1.807) is 12.1 Å². The fourth-order valence-electron chi connectivity index (χ4n) is 1.70. The number of carbonyl (C=O) groups is 1. The number of aromatic nitrogens is 1. The summed E-state index contributed by atoms with van der Waals surface area (Å²) >= 11 is 0. The molecule has 2 rings (SSSR count). The smallest absolute Gasteiger partial charge is 0.331 e. The molecule has 1 heterocycles. The first kappa shape index (κ1) is 11.3. The van der Waals surface area contributed by atoms with Gasteiger partial charge in [-0.05, 0) is 29.8 Å². The Labute approximate surface area is 95.9 Å². The lowest BCUT2D eigenvalue weighted by Crippen LogP contribution is -2.19. The molecule has 0 amide bonds. The van der Waals surface area contributed by atoms with Crippen molar-refractivity contribution in [3.63, 3.8) is 0 Å². The van der Waals surface area contributed by atoms with Crippen molar-refractivity contribution in [3.05, 3.63) is 59.9 Å². The monoisotopic (exact) mass is 237 g/mol. The van der Waals surface area contributed by atoms with Crippen molar-refractivity contribution in [2.45, 2.75) is 6.04 Å². The quantitative estimate of drug-likeness (QED) is 0.890. The molecule has 0 saturated carbocycles. The van der Waals surface area contributed by atoms with Gasteiger partial charge in [-0.15, -0.1) is 0 Å². The molecular formula is C12H9F2NO2. The lowest BCUT2D eigenvalue weighted by Gasteiger charge is -2.14. The van der Waals surface area contributed by atoms with Gasteiger partial charge in [0.25, 0.3) is 0 Å². The van der Waals surface area contributed by atoms with Crippen LogP contribution in [0.1, 0.15) is 11.6 Å². The molecule has 1 aromatic heterocycles. The van der Waals surface area contributed by atoms with E-state index in [1.165, 1.54) is 17.0 Å². The van der Waals surface area contributed by atoms with Crippen LogP contribution < -0.4 is 0 Å². The van der Waals surface area contributed by atoms with Crippen LogP contribution in [0.25, 0.3) is 0 Å². The van der Waals surface area contributed by atoms with Crippen molar-refractivity contribution in [2.75, 3.05) is 0 Å². The second-order valence-corrected chi connectivity index (χ2v) is 3.57. The number of hydrogen-bond acceptors (Lipinski definition) is 1. The highest BCUT2D eigenvalue weighted by molar-refractivity contribution is 5.76. The zero-order chi connectivity index (χ0) is 12.4. The van der Waals surface area contributed by atoms with E-state index in [0.717, 1.165) is 12.1 Å². The summed E-state index contributed by atoms with van der Waals surface area (Å²) in [5.74, 6) is -2.76. The Balaban J connectivity index is 2.50. The van der Waals surface area contributed by atoms with Crippen molar-refractivity contribution >= 4 is 5.97 Å². The molecule has 0 bridgehead atoms. The van der Waals surface area contributed by atoms with E-state index >= 15 is 0 Å². The third-order valence-electron chi connectivity index (χ3n) is 2.36. The fourth-order valence-corrected chi connectivity index (χ4v) is 1.70. The maximum atomic E-state index is 13.1. The number of benzene rings is 1. The van der Waals surface area contributed by atoms with Gasteiger partial charge in [-0.25, -0.2) is 13.6 Å². The van der Waals surface area contributed by atoms with Crippen LogP contribution in [0.2, 0.25) is 0 Å². The van der Waals surface area contributed by atoms with Crippen LogP contribution in [0.5, 0.6) is 0 Å². The average molecular weight is 237 g/mol. The summed E-state index contributed by atoms with van der Waals surface area (Å²) in [5, 5.41) is 9.11. The zero-order valence-electron chi connectivity index (χ0n) is 8.68. The Morgan fingerprint density at radius 1 is 1.12 bits per heavy atom. The third kappa shape index (κ3) is 2.33. The zero-order valence-corrected chi connectivity index (χ0v) is 8.68. The van der Waals surface area contributed by atoms with Gasteiger partial charge in [-0.1, -0.05) is 0 Å². The maximum Gasteiger partial charge on any atom is 0.331 e. The first-order valence-electron chi connectivity index (χ1n) is 4.89. The molecule has 1 atom stereocenters. The van der Waals surface area contributed by atoms with E-state index in [-0.39, 0.29) is 5.56 Å². The van der Waals surface area contributed by atoms with Crippen LogP contribution in [0.3, 0.4) is 0 Å². The summed E-state index contributed by atoms with van der Waals surface area (Å²) in [7, 11) is 0. The van der Waals surface area contributed by atoms with E-state index < -0.39 is 23.6 Å². The van der Waals surface area contributed by atoms with Crippen molar-refractivity contribution in [2.24, 2.45) is 0 Å². The Morgan fingerprint density at radius 3 is 2.12 bits per heavy atom. The van der Waals surface area contributed by atoms with Gasteiger partial charge >= 0.3 is 5.97 Å². The van der Waals surface area contributed by atoms with Crippen LogP contribution in [-0.4, -0.2) is 15.6 Å². The van der Waals surface area contributed by atoms with Crippen molar-refractivity contribution in [1.82, 2.24) is 4.57 Å². The van der Waals surface area contributed by atoms with Gasteiger partial charge in [-0.3, -0.25) is 0 Å². The number of carboxylic acid groups (broad SMARTS) is 1. The molecule has 0 radical (unpaired) electrons. The molecule has 1 aromatic carbocycles. The molecule has 5 heteroatoms. The normalized spacial score (nSPS) is 12.4. The predicted molar refractivity (Wildman–Crippen MR) is 56.6 cm³/mol. The fraction of sp³-hybridized carbons (Fsp3) is 0.0833. The Hall–Kier alpha value is -2.17. The van der Waals surface area contributed by atoms with Gasteiger partial charge < -0.3 is 9.67 Å². The molecule has 0 spiro atoms. The van der Waals surface area contributed by atoms with E-state index in [1.807, 2.05) is 0 Å². The highest BCUT2D eigenvalue weighted by Gasteiger charge is 2.22. The number of nitrogens with zero attached hydrogens (tertiary/aromatic N) is 1. The minimum absolute atomic E-state index is 0.0613. The number of carboxylic acids is 1. The third-order valence-corrected chi connectivity index (χ3v) is 2.36. The largest absolute Gasteiger partial charge is 0.479 e. The van der Waals surface area contributed by atoms with Gasteiger partial charge in [0.15, 0.2) is 6.04 Å². The highest BCUT2D eigenvalue weighted by atomic mass is 19.1. The summed E-state index contributed by atoms with van der Waals surface area (Å²) in [6.45, 7) is 0. The summed E-state index contributed by atoms with van der Waals surface area (Å²) in [6, 6.07) is 4.90. The van der Waals surface area contributed by atoms with Crippen LogP contribution in [0.15, 0.2) is 42.7 Å². The second-order valence-electron chi connectivity index (χ2n) is 3.57. The first-order chi connectivity index (χ1) is 8.08. The van der Waals surface area contributed by atoms with Crippen LogP contribution in [-0.2, 0) is 4.79 Å². The van der Waals surface area contributed by atoms with Crippen LogP contribution in [0, 0.1) is 11.6 Å². The number of hydrogen-bond donors (Lipinski definition) is 1. The Kier molecular flexibility index (Phi) is 2.91. The SMILES string of the molecule is O=C(O)C(c1cc(F)cc(F)c1)n1cccc1. The Bertz CT molecular complexity index is 517. The summed E-state index contributed by atoms with van der Waals surface area (Å²) in [6.07, 6.45) is 3.06. The number of rotatable bonds is 3. The lowest BCUT2D eigenvalue weighted by molar-refractivity contribution is -0.139. The lowest BCUT2D eigenvalue weighted by atomic mass is 10.1. The molecule has 1 unspecified atom stereocenters. The van der Waals surface area contributed by atoms with E-state index in [4.69, 9.17) is 5.11 Å². The van der Waals surface area contributed by atoms with E-state index in [2.05, 4.69) is 0 Å². The molecule has 3 nitrogen and oxygen atoms in total. The van der Waals surface area contributed by atoms with Gasteiger partial charge in [0.05, 0.1) is 0 Å². The summed E-state index contributed by atoms with van der Waals surface area (Å²) in [5.41, 5.74) is 0.0613. The van der Waals surface area contributed by atoms with Gasteiger partial charge in [0, 0.05) is 18.5 Å². The summed E-state index contributed by atoms with van der Waals surface area (Å²) < 4.78 is 27.5. The predicted octanol–water partition coefficient (Wildman–Crippen LogP) is 2.44.